The molecule has 1 aliphatic heterocycles. The van der Waals surface area contributed by atoms with Gasteiger partial charge >= 0.3 is 6.09 Å². The van der Waals surface area contributed by atoms with Crippen molar-refractivity contribution in [2.45, 2.75) is 39.2 Å². The Kier molecular flexibility index (Phi) is 6.77. The monoisotopic (exact) mass is 476 g/mol. The van der Waals surface area contributed by atoms with Crippen molar-refractivity contribution in [3.05, 3.63) is 53.9 Å². The van der Waals surface area contributed by atoms with Crippen LogP contribution in [0.1, 0.15) is 44.7 Å². The highest BCUT2D eigenvalue weighted by Crippen LogP contribution is 2.27. The summed E-state index contributed by atoms with van der Waals surface area (Å²) in [7, 11) is 0. The molecule has 1 fully saturated rings. The van der Waals surface area contributed by atoms with E-state index in [0.717, 1.165) is 23.6 Å². The molecule has 0 unspecified atom stereocenters. The molecule has 2 aromatic carbocycles. The lowest BCUT2D eigenvalue weighted by molar-refractivity contribution is 0.0188. The lowest BCUT2D eigenvalue weighted by atomic mass is 9.96. The number of phenols is 1. The second-order valence-electron chi connectivity index (χ2n) is 9.90. The van der Waals surface area contributed by atoms with E-state index in [1.165, 1.54) is 6.33 Å². The van der Waals surface area contributed by atoms with E-state index in [-0.39, 0.29) is 23.4 Å². The average molecular weight is 477 g/mol. The maximum absolute atomic E-state index is 12.3. The van der Waals surface area contributed by atoms with Crippen LogP contribution in [0.15, 0.2) is 42.7 Å². The van der Waals surface area contributed by atoms with Gasteiger partial charge < -0.3 is 25.8 Å². The Morgan fingerprint density at radius 1 is 1.17 bits per heavy atom. The normalized spacial score (nSPS) is 14.7. The number of rotatable bonds is 5. The van der Waals surface area contributed by atoms with Gasteiger partial charge in [0.2, 0.25) is 0 Å². The smallest absolute Gasteiger partial charge is 0.410 e. The third kappa shape index (κ3) is 5.79. The van der Waals surface area contributed by atoms with Crippen LogP contribution in [0.5, 0.6) is 5.75 Å². The summed E-state index contributed by atoms with van der Waals surface area (Å²) in [6, 6.07) is 10.7. The fourth-order valence-electron chi connectivity index (χ4n) is 4.20. The quantitative estimate of drug-likeness (QED) is 0.401. The van der Waals surface area contributed by atoms with Gasteiger partial charge in [0.15, 0.2) is 0 Å². The fraction of sp³-hybridized carbons (Fsp3) is 0.385. The second kappa shape index (κ2) is 9.77. The van der Waals surface area contributed by atoms with Gasteiger partial charge in [0.1, 0.15) is 29.3 Å². The average Bonchev–Trinajstić information content (AvgIpc) is 2.81. The van der Waals surface area contributed by atoms with E-state index >= 15 is 0 Å². The zero-order valence-corrected chi connectivity index (χ0v) is 20.3. The van der Waals surface area contributed by atoms with E-state index in [1.807, 2.05) is 45.0 Å². The van der Waals surface area contributed by atoms with Gasteiger partial charge in [0.25, 0.3) is 0 Å². The van der Waals surface area contributed by atoms with Crippen molar-refractivity contribution in [2.24, 2.45) is 5.92 Å². The highest BCUT2D eigenvalue weighted by atomic mass is 16.6. The number of hydrogen-bond donors (Lipinski definition) is 4. The Bertz CT molecular complexity index is 1250. The number of amides is 1. The molecule has 0 bridgehead atoms. The first-order valence-corrected chi connectivity index (χ1v) is 11.7. The third-order valence-corrected chi connectivity index (χ3v) is 6.06. The van der Waals surface area contributed by atoms with Crippen LogP contribution in [0.25, 0.3) is 10.8 Å². The van der Waals surface area contributed by atoms with Crippen molar-refractivity contribution in [3.8, 4) is 5.75 Å². The number of hydrogen-bond acceptors (Lipinski definition) is 8. The molecule has 1 amide bonds. The molecular formula is C26H32N6O3. The molecular weight excluding hydrogens is 444 g/mol. The number of nitrogen functional groups attached to an aromatic ring is 1. The number of fused-ring (bicyclic) bond motifs is 1. The lowest BCUT2D eigenvalue weighted by Gasteiger charge is -2.33. The maximum Gasteiger partial charge on any atom is 0.410 e. The molecule has 35 heavy (non-hydrogen) atoms. The minimum Gasteiger partial charge on any atom is -0.508 e. The van der Waals surface area contributed by atoms with Crippen LogP contribution in [0.3, 0.4) is 0 Å². The number of ether oxygens (including phenoxy) is 1. The second-order valence-corrected chi connectivity index (χ2v) is 9.90. The van der Waals surface area contributed by atoms with E-state index in [4.69, 9.17) is 15.9 Å². The van der Waals surface area contributed by atoms with E-state index in [0.29, 0.717) is 42.5 Å². The van der Waals surface area contributed by atoms with Crippen LogP contribution < -0.4 is 11.1 Å². The predicted molar refractivity (Wildman–Crippen MR) is 137 cm³/mol. The topological polar surface area (TPSA) is 137 Å². The molecule has 0 radical (unpaired) electrons. The van der Waals surface area contributed by atoms with E-state index in [9.17, 15) is 9.90 Å². The fourth-order valence-corrected chi connectivity index (χ4v) is 4.20. The molecule has 0 atom stereocenters. The number of aromatic hydroxyl groups is 1. The summed E-state index contributed by atoms with van der Waals surface area (Å²) in [5.41, 5.74) is 7.03. The number of nitrogens with two attached hydrogens (primary N) is 1. The zero-order chi connectivity index (χ0) is 25.2. The Morgan fingerprint density at radius 3 is 2.57 bits per heavy atom. The van der Waals surface area contributed by atoms with E-state index < -0.39 is 5.60 Å². The van der Waals surface area contributed by atoms with Gasteiger partial charge in [-0.05, 0) is 68.5 Å². The highest BCUT2D eigenvalue weighted by Gasteiger charge is 2.27. The third-order valence-electron chi connectivity index (χ3n) is 6.06. The van der Waals surface area contributed by atoms with Gasteiger partial charge in [-0.1, -0.05) is 18.2 Å². The van der Waals surface area contributed by atoms with E-state index in [2.05, 4.69) is 15.3 Å². The van der Waals surface area contributed by atoms with Crippen LogP contribution in [0, 0.1) is 11.3 Å². The number of likely N-dealkylation sites (tertiary alicyclic amines) is 1. The van der Waals surface area contributed by atoms with Crippen LogP contribution >= 0.6 is 0 Å². The summed E-state index contributed by atoms with van der Waals surface area (Å²) in [4.78, 5) is 22.5. The molecule has 4 rings (SSSR count). The number of phenolic OH excluding ortho intramolecular Hbond substituents is 1. The number of aromatic nitrogens is 2. The van der Waals surface area contributed by atoms with Crippen molar-refractivity contribution in [3.63, 3.8) is 0 Å². The molecule has 9 nitrogen and oxygen atoms in total. The zero-order valence-electron chi connectivity index (χ0n) is 20.3. The van der Waals surface area contributed by atoms with Crippen LogP contribution in [-0.2, 0) is 4.74 Å². The van der Waals surface area contributed by atoms with Crippen LogP contribution in [-0.4, -0.2) is 57.0 Å². The van der Waals surface area contributed by atoms with Gasteiger partial charge in [0, 0.05) is 25.2 Å². The van der Waals surface area contributed by atoms with Gasteiger partial charge in [-0.15, -0.1) is 0 Å². The number of nitrogens with zero attached hydrogens (tertiary/aromatic N) is 3. The van der Waals surface area contributed by atoms with Crippen LogP contribution in [0.4, 0.5) is 16.4 Å². The molecule has 1 saturated heterocycles. The molecule has 3 aromatic rings. The number of carbonyl (C=O) groups is 1. The Labute approximate surface area is 204 Å². The molecule has 0 aliphatic carbocycles. The minimum absolute atomic E-state index is 0.199. The molecule has 0 saturated carbocycles. The maximum atomic E-state index is 12.3. The number of benzene rings is 2. The molecule has 1 aromatic heterocycles. The summed E-state index contributed by atoms with van der Waals surface area (Å²) in [6.07, 6.45) is 2.81. The summed E-state index contributed by atoms with van der Waals surface area (Å²) >= 11 is 0. The molecule has 5 N–H and O–H groups in total. The molecule has 184 valence electrons. The van der Waals surface area contributed by atoms with Gasteiger partial charge in [-0.2, -0.15) is 0 Å². The largest absolute Gasteiger partial charge is 0.508 e. The Balaban J connectivity index is 1.43. The molecule has 0 spiro atoms. The van der Waals surface area contributed by atoms with Crippen molar-refractivity contribution in [2.75, 3.05) is 30.7 Å². The highest BCUT2D eigenvalue weighted by molar-refractivity contribution is 6.17. The molecule has 1 aliphatic rings. The minimum atomic E-state index is -0.504. The van der Waals surface area contributed by atoms with Crippen molar-refractivity contribution in [1.82, 2.24) is 14.9 Å². The van der Waals surface area contributed by atoms with Gasteiger partial charge in [-0.3, -0.25) is 5.41 Å². The lowest BCUT2D eigenvalue weighted by Crippen LogP contribution is -2.42. The Morgan fingerprint density at radius 2 is 1.86 bits per heavy atom. The summed E-state index contributed by atoms with van der Waals surface area (Å²) in [5, 5.41) is 23.7. The first kappa shape index (κ1) is 24.3. The summed E-state index contributed by atoms with van der Waals surface area (Å²) in [5.74, 6) is 1.30. The standard InChI is InChI=1S/C26H32N6O3/c1-26(2,3)35-25(34)32-10-8-16(9-11-32)14-29-24-21(23(28)30-15-31-24)22(27)19-5-4-18-13-20(33)7-6-17(18)12-19/h4-7,12-13,15-16,27,33H,8-11,14H2,1-3H3,(H3,28,29,30,31). The van der Waals surface area contributed by atoms with Crippen molar-refractivity contribution >= 4 is 34.2 Å². The Hall–Kier alpha value is -3.88. The van der Waals surface area contributed by atoms with Crippen LogP contribution in [0.2, 0.25) is 0 Å². The predicted octanol–water partition coefficient (Wildman–Crippen LogP) is 4.39. The first-order valence-electron chi connectivity index (χ1n) is 11.7. The number of anilines is 2. The number of carbonyl (C=O) groups excluding carboxylic acids is 1. The number of piperidine rings is 1. The number of nitrogens with one attached hydrogen (secondary N) is 2. The van der Waals surface area contributed by atoms with Gasteiger partial charge in [0.05, 0.1) is 11.3 Å². The van der Waals surface area contributed by atoms with Crippen molar-refractivity contribution < 1.29 is 14.6 Å². The van der Waals surface area contributed by atoms with Crippen molar-refractivity contribution in [1.29, 1.82) is 5.41 Å². The first-order chi connectivity index (χ1) is 16.6. The van der Waals surface area contributed by atoms with E-state index in [1.54, 1.807) is 17.0 Å². The molecule has 2 heterocycles. The van der Waals surface area contributed by atoms with Gasteiger partial charge in [-0.25, -0.2) is 14.8 Å². The molecule has 9 heteroatoms. The SMILES string of the molecule is CC(C)(C)OC(=O)N1CCC(CNc2ncnc(N)c2C(=N)c2ccc3cc(O)ccc3c2)CC1. The summed E-state index contributed by atoms with van der Waals surface area (Å²) < 4.78 is 5.48. The summed E-state index contributed by atoms with van der Waals surface area (Å²) in [6.45, 7) is 7.54.